The van der Waals surface area contributed by atoms with E-state index in [9.17, 15) is 9.59 Å². The molecule has 0 bridgehead atoms. The summed E-state index contributed by atoms with van der Waals surface area (Å²) in [5.74, 6) is -0.0126. The molecule has 0 aliphatic carbocycles. The largest absolute Gasteiger partial charge is 0.383 e. The van der Waals surface area contributed by atoms with Gasteiger partial charge in [-0.05, 0) is 54.2 Å². The van der Waals surface area contributed by atoms with Gasteiger partial charge in [0.1, 0.15) is 17.8 Å². The highest BCUT2D eigenvalue weighted by Gasteiger charge is 2.28. The van der Waals surface area contributed by atoms with E-state index < -0.39 is 0 Å². The molecule has 0 saturated carbocycles. The summed E-state index contributed by atoms with van der Waals surface area (Å²) in [5, 5.41) is 8.53. The van der Waals surface area contributed by atoms with E-state index in [1.165, 1.54) is 18.0 Å². The van der Waals surface area contributed by atoms with Gasteiger partial charge >= 0.3 is 0 Å². The molecule has 1 fully saturated rings. The van der Waals surface area contributed by atoms with Gasteiger partial charge in [-0.1, -0.05) is 51.6 Å². The number of carbonyl (C=O) groups excluding carboxylic acids is 2. The lowest BCUT2D eigenvalue weighted by atomic mass is 9.87. The van der Waals surface area contributed by atoms with Crippen LogP contribution in [-0.4, -0.2) is 49.6 Å². The Bertz CT molecular complexity index is 1550. The van der Waals surface area contributed by atoms with Gasteiger partial charge in [0.15, 0.2) is 5.65 Å². The molecule has 5 rings (SSSR count). The highest BCUT2D eigenvalue weighted by Crippen LogP contribution is 2.34. The minimum Gasteiger partial charge on any atom is -0.383 e. The number of benzene rings is 2. The molecule has 1 aliphatic heterocycles. The van der Waals surface area contributed by atoms with Crippen LogP contribution in [0.5, 0.6) is 0 Å². The van der Waals surface area contributed by atoms with E-state index in [2.05, 4.69) is 42.6 Å². The zero-order valence-electron chi connectivity index (χ0n) is 22.5. The minimum atomic E-state index is -0.223. The Morgan fingerprint density at radius 1 is 1.13 bits per heavy atom. The van der Waals surface area contributed by atoms with Crippen molar-refractivity contribution in [1.82, 2.24) is 24.6 Å². The number of amides is 2. The van der Waals surface area contributed by atoms with Crippen molar-refractivity contribution in [2.24, 2.45) is 0 Å². The standard InChI is InChI=1S/C30H33N7O2/c1-5-24(38)36-15-7-10-23(17-36)37-28-25(27(31)32-18-33-28)26(35-37)19-8-6-9-20(16-19)29(39)34-22-13-11-21(12-14-22)30(2,3)4/h5-6,8-9,11-14,16,18,23H,1,7,10,15,17H2,2-4H3,(H,34,39)(H2,31,32,33). The van der Waals surface area contributed by atoms with Crippen LogP contribution >= 0.6 is 0 Å². The lowest BCUT2D eigenvalue weighted by molar-refractivity contribution is -0.127. The Labute approximate surface area is 227 Å². The SMILES string of the molecule is C=CC(=O)N1CCCC(n2nc(-c3cccc(C(=O)Nc4ccc(C(C)(C)C)cc4)c3)c3c(N)ncnc32)C1. The molecule has 2 amide bonds. The van der Waals surface area contributed by atoms with Crippen molar-refractivity contribution in [2.75, 3.05) is 24.1 Å². The van der Waals surface area contributed by atoms with E-state index in [1.54, 1.807) is 17.0 Å². The van der Waals surface area contributed by atoms with Crippen molar-refractivity contribution < 1.29 is 9.59 Å². The molecule has 1 unspecified atom stereocenters. The van der Waals surface area contributed by atoms with Gasteiger partial charge in [0.05, 0.1) is 11.4 Å². The van der Waals surface area contributed by atoms with Crippen LogP contribution in [0.2, 0.25) is 0 Å². The number of rotatable bonds is 5. The Morgan fingerprint density at radius 2 is 1.90 bits per heavy atom. The fourth-order valence-electron chi connectivity index (χ4n) is 5.00. The first-order valence-electron chi connectivity index (χ1n) is 13.1. The third-order valence-electron chi connectivity index (χ3n) is 7.15. The Balaban J connectivity index is 1.47. The second-order valence-electron chi connectivity index (χ2n) is 10.9. The molecular weight excluding hydrogens is 490 g/mol. The van der Waals surface area contributed by atoms with Crippen LogP contribution < -0.4 is 11.1 Å². The maximum atomic E-state index is 13.2. The number of nitrogens with two attached hydrogens (primary N) is 1. The number of likely N-dealkylation sites (tertiary alicyclic amines) is 1. The van der Waals surface area contributed by atoms with E-state index >= 15 is 0 Å². The highest BCUT2D eigenvalue weighted by molar-refractivity contribution is 6.06. The van der Waals surface area contributed by atoms with Crippen LogP contribution in [0, 0.1) is 0 Å². The van der Waals surface area contributed by atoms with Crippen molar-refractivity contribution in [3.05, 3.63) is 78.6 Å². The summed E-state index contributed by atoms with van der Waals surface area (Å²) in [5.41, 5.74) is 10.7. The van der Waals surface area contributed by atoms with Crippen LogP contribution in [0.1, 0.15) is 55.6 Å². The molecule has 200 valence electrons. The molecule has 0 spiro atoms. The van der Waals surface area contributed by atoms with E-state index in [-0.39, 0.29) is 23.3 Å². The summed E-state index contributed by atoms with van der Waals surface area (Å²) >= 11 is 0. The average molecular weight is 524 g/mol. The van der Waals surface area contributed by atoms with Gasteiger partial charge in [-0.25, -0.2) is 14.6 Å². The number of carbonyl (C=O) groups is 2. The Morgan fingerprint density at radius 3 is 2.62 bits per heavy atom. The molecule has 1 atom stereocenters. The van der Waals surface area contributed by atoms with Gasteiger partial charge in [-0.3, -0.25) is 9.59 Å². The van der Waals surface area contributed by atoms with E-state index in [4.69, 9.17) is 10.8 Å². The summed E-state index contributed by atoms with van der Waals surface area (Å²) < 4.78 is 1.84. The lowest BCUT2D eigenvalue weighted by Crippen LogP contribution is -2.40. The quantitative estimate of drug-likeness (QED) is 0.356. The highest BCUT2D eigenvalue weighted by atomic mass is 16.2. The van der Waals surface area contributed by atoms with E-state index in [1.807, 2.05) is 41.1 Å². The summed E-state index contributed by atoms with van der Waals surface area (Å²) in [6.07, 6.45) is 4.44. The third kappa shape index (κ3) is 5.25. The lowest BCUT2D eigenvalue weighted by Gasteiger charge is -2.32. The summed E-state index contributed by atoms with van der Waals surface area (Å²) in [4.78, 5) is 35.9. The van der Waals surface area contributed by atoms with Crippen LogP contribution in [0.25, 0.3) is 22.3 Å². The fourth-order valence-corrected chi connectivity index (χ4v) is 5.00. The predicted octanol–water partition coefficient (Wildman–Crippen LogP) is 4.97. The summed E-state index contributed by atoms with van der Waals surface area (Å²) in [6, 6.07) is 15.1. The molecule has 9 heteroatoms. The van der Waals surface area contributed by atoms with Gasteiger partial charge in [0, 0.05) is 29.9 Å². The first-order valence-corrected chi connectivity index (χ1v) is 13.1. The first-order chi connectivity index (χ1) is 18.7. The van der Waals surface area contributed by atoms with E-state index in [0.717, 1.165) is 24.1 Å². The van der Waals surface area contributed by atoms with Gasteiger partial charge in [-0.15, -0.1) is 0 Å². The second-order valence-corrected chi connectivity index (χ2v) is 10.9. The van der Waals surface area contributed by atoms with Crippen molar-refractivity contribution in [2.45, 2.75) is 45.1 Å². The van der Waals surface area contributed by atoms with Crippen LogP contribution in [-0.2, 0) is 10.2 Å². The maximum Gasteiger partial charge on any atom is 0.255 e. The average Bonchev–Trinajstić information content (AvgIpc) is 3.34. The molecule has 0 radical (unpaired) electrons. The first kappa shape index (κ1) is 26.1. The molecule has 3 N–H and O–H groups in total. The van der Waals surface area contributed by atoms with Crippen LogP contribution in [0.4, 0.5) is 11.5 Å². The number of fused-ring (bicyclic) bond motifs is 1. The molecular formula is C30H33N7O2. The smallest absolute Gasteiger partial charge is 0.255 e. The third-order valence-corrected chi connectivity index (χ3v) is 7.15. The molecule has 4 aromatic rings. The zero-order valence-corrected chi connectivity index (χ0v) is 22.5. The number of anilines is 2. The number of piperidine rings is 1. The summed E-state index contributed by atoms with van der Waals surface area (Å²) in [6.45, 7) is 11.3. The Kier molecular flexibility index (Phi) is 6.91. The van der Waals surface area contributed by atoms with Gasteiger partial charge < -0.3 is 16.0 Å². The molecule has 1 saturated heterocycles. The van der Waals surface area contributed by atoms with E-state index in [0.29, 0.717) is 41.2 Å². The zero-order chi connectivity index (χ0) is 27.7. The maximum absolute atomic E-state index is 13.2. The topological polar surface area (TPSA) is 119 Å². The van der Waals surface area contributed by atoms with Crippen LogP contribution in [0.3, 0.4) is 0 Å². The second kappa shape index (κ2) is 10.3. The Hall–Kier alpha value is -4.53. The molecule has 39 heavy (non-hydrogen) atoms. The minimum absolute atomic E-state index is 0.0334. The molecule has 2 aromatic carbocycles. The predicted molar refractivity (Wildman–Crippen MR) is 153 cm³/mol. The molecule has 1 aliphatic rings. The number of hydrogen-bond acceptors (Lipinski definition) is 6. The van der Waals surface area contributed by atoms with Gasteiger partial charge in [0.25, 0.3) is 5.91 Å². The van der Waals surface area contributed by atoms with Gasteiger partial charge in [-0.2, -0.15) is 5.10 Å². The van der Waals surface area contributed by atoms with Gasteiger partial charge in [0.2, 0.25) is 5.91 Å². The molecule has 3 heterocycles. The number of nitrogens with zero attached hydrogens (tertiary/aromatic N) is 5. The number of hydrogen-bond donors (Lipinski definition) is 2. The monoisotopic (exact) mass is 523 g/mol. The van der Waals surface area contributed by atoms with Crippen molar-refractivity contribution in [1.29, 1.82) is 0 Å². The van der Waals surface area contributed by atoms with Crippen molar-refractivity contribution in [3.63, 3.8) is 0 Å². The number of nitrogen functional groups attached to an aromatic ring is 1. The molecule has 9 nitrogen and oxygen atoms in total. The normalized spacial score (nSPS) is 15.8. The van der Waals surface area contributed by atoms with Crippen molar-refractivity contribution in [3.8, 4) is 11.3 Å². The fraction of sp³-hybridized carbons (Fsp3) is 0.300. The summed E-state index contributed by atoms with van der Waals surface area (Å²) in [7, 11) is 0. The number of aromatic nitrogens is 4. The number of nitrogens with one attached hydrogen (secondary N) is 1. The van der Waals surface area contributed by atoms with Crippen LogP contribution in [0.15, 0.2) is 67.5 Å². The van der Waals surface area contributed by atoms with Crippen molar-refractivity contribution >= 4 is 34.4 Å². The molecule has 2 aromatic heterocycles.